The summed E-state index contributed by atoms with van der Waals surface area (Å²) in [4.78, 5) is 33.5. The van der Waals surface area contributed by atoms with Gasteiger partial charge in [0.05, 0.1) is 10.8 Å². The highest BCUT2D eigenvalue weighted by Crippen LogP contribution is 2.29. The average molecular weight is 312 g/mol. The second-order valence-corrected chi connectivity index (χ2v) is 5.99. The maximum atomic E-state index is 12.5. The van der Waals surface area contributed by atoms with Gasteiger partial charge in [0.1, 0.15) is 11.3 Å². The normalized spacial score (nSPS) is 12.5. The lowest BCUT2D eigenvalue weighted by Crippen LogP contribution is -2.04. The van der Waals surface area contributed by atoms with Crippen LogP contribution in [0.15, 0.2) is 58.6 Å². The molecule has 6 nitrogen and oxygen atoms in total. The Hall–Kier alpha value is -3.54. The lowest BCUT2D eigenvalue weighted by Gasteiger charge is -1.99. The van der Waals surface area contributed by atoms with E-state index in [1.165, 1.54) is 0 Å². The summed E-state index contributed by atoms with van der Waals surface area (Å²) in [6.45, 7) is 0. The lowest BCUT2D eigenvalue weighted by atomic mass is 10.0. The number of benzene rings is 2. The van der Waals surface area contributed by atoms with Gasteiger partial charge < -0.3 is 0 Å². The Morgan fingerprint density at radius 2 is 1.04 bits per heavy atom. The fourth-order valence-electron chi connectivity index (χ4n) is 3.67. The van der Waals surface area contributed by atoms with E-state index in [0.29, 0.717) is 22.1 Å². The summed E-state index contributed by atoms with van der Waals surface area (Å²) in [5.41, 5.74) is 1.16. The van der Waals surface area contributed by atoms with Crippen LogP contribution in [0, 0.1) is 0 Å². The van der Waals surface area contributed by atoms with E-state index in [1.807, 2.05) is 24.3 Å². The van der Waals surface area contributed by atoms with Gasteiger partial charge >= 0.3 is 0 Å². The molecule has 0 fully saturated rings. The Labute approximate surface area is 132 Å². The molecular formula is C18H8N4O2. The lowest BCUT2D eigenvalue weighted by molar-refractivity contribution is 1.17. The predicted molar refractivity (Wildman–Crippen MR) is 91.4 cm³/mol. The summed E-state index contributed by atoms with van der Waals surface area (Å²) in [6, 6.07) is 7.61. The molecule has 0 spiro atoms. The Bertz CT molecular complexity index is 1430. The minimum atomic E-state index is -0.0841. The highest BCUT2D eigenvalue weighted by Gasteiger charge is 2.15. The largest absolute Gasteiger partial charge is 0.268 e. The highest BCUT2D eigenvalue weighted by molar-refractivity contribution is 6.10. The Kier molecular flexibility index (Phi) is 1.83. The Morgan fingerprint density at radius 3 is 1.50 bits per heavy atom. The molecule has 0 unspecified atom stereocenters. The van der Waals surface area contributed by atoms with Crippen LogP contribution >= 0.6 is 0 Å². The summed E-state index contributed by atoms with van der Waals surface area (Å²) < 4.78 is 3.10. The van der Waals surface area contributed by atoms with Crippen LogP contribution in [0.3, 0.4) is 0 Å². The fourth-order valence-corrected chi connectivity index (χ4v) is 3.67. The molecule has 4 heterocycles. The van der Waals surface area contributed by atoms with Crippen molar-refractivity contribution in [3.63, 3.8) is 0 Å². The number of rotatable bonds is 0. The van der Waals surface area contributed by atoms with E-state index >= 15 is 0 Å². The van der Waals surface area contributed by atoms with Crippen molar-refractivity contribution in [3.8, 4) is 0 Å². The van der Waals surface area contributed by atoms with Gasteiger partial charge in [0, 0.05) is 35.6 Å². The zero-order valence-electron chi connectivity index (χ0n) is 12.2. The van der Waals surface area contributed by atoms with Gasteiger partial charge in [0.25, 0.3) is 11.1 Å². The summed E-state index contributed by atoms with van der Waals surface area (Å²) in [7, 11) is 0. The van der Waals surface area contributed by atoms with Gasteiger partial charge in [-0.1, -0.05) is 0 Å². The van der Waals surface area contributed by atoms with Gasteiger partial charge in [-0.25, -0.2) is 9.97 Å². The highest BCUT2D eigenvalue weighted by atomic mass is 16.1. The average Bonchev–Trinajstić information content (AvgIpc) is 3.33. The number of nitrogens with zero attached hydrogens (tertiary/aromatic N) is 4. The zero-order chi connectivity index (χ0) is 16.0. The molecule has 112 valence electrons. The first-order chi connectivity index (χ1) is 11.7. The molecule has 6 heteroatoms. The van der Waals surface area contributed by atoms with Crippen LogP contribution in [0.5, 0.6) is 0 Å². The molecule has 0 atom stereocenters. The molecule has 0 aliphatic rings. The zero-order valence-corrected chi connectivity index (χ0v) is 12.2. The van der Waals surface area contributed by atoms with Crippen LogP contribution in [-0.2, 0) is 0 Å². The molecule has 0 N–H and O–H groups in total. The second-order valence-electron chi connectivity index (χ2n) is 5.99. The van der Waals surface area contributed by atoms with Crippen LogP contribution in [0.2, 0.25) is 0 Å². The van der Waals surface area contributed by atoms with Crippen molar-refractivity contribution >= 4 is 43.6 Å². The monoisotopic (exact) mass is 312 g/mol. The van der Waals surface area contributed by atoms with E-state index in [0.717, 1.165) is 21.5 Å². The van der Waals surface area contributed by atoms with Gasteiger partial charge in [-0.2, -0.15) is 0 Å². The van der Waals surface area contributed by atoms with E-state index in [4.69, 9.17) is 0 Å². The van der Waals surface area contributed by atoms with Gasteiger partial charge in [-0.3, -0.25) is 18.4 Å². The number of imidazole rings is 2. The van der Waals surface area contributed by atoms with Crippen molar-refractivity contribution in [1.82, 2.24) is 18.8 Å². The second kappa shape index (κ2) is 3.68. The molecule has 0 aliphatic heterocycles. The summed E-state index contributed by atoms with van der Waals surface area (Å²) in [6.07, 6.45) is 6.59. The van der Waals surface area contributed by atoms with Gasteiger partial charge in [-0.05, 0) is 35.0 Å². The minimum Gasteiger partial charge on any atom is -0.268 e. The molecule has 0 aliphatic carbocycles. The molecule has 0 bridgehead atoms. The van der Waals surface area contributed by atoms with Crippen LogP contribution in [-0.4, -0.2) is 18.8 Å². The smallest absolute Gasteiger partial charge is 0.264 e. The van der Waals surface area contributed by atoms with Crippen LogP contribution in [0.1, 0.15) is 0 Å². The van der Waals surface area contributed by atoms with E-state index in [9.17, 15) is 9.59 Å². The van der Waals surface area contributed by atoms with E-state index in [-0.39, 0.29) is 11.1 Å². The molecule has 0 saturated heterocycles. The number of fused-ring (bicyclic) bond motifs is 7. The Balaban J connectivity index is 1.90. The minimum absolute atomic E-state index is 0.0841. The molecule has 24 heavy (non-hydrogen) atoms. The quantitative estimate of drug-likeness (QED) is 0.430. The predicted octanol–water partition coefficient (Wildman–Crippen LogP) is 2.04. The molecule has 6 aromatic rings. The third kappa shape index (κ3) is 1.20. The molecule has 0 saturated carbocycles. The van der Waals surface area contributed by atoms with Gasteiger partial charge in [0.15, 0.2) is 0 Å². The standard InChI is InChI=1S/C18H8N4O2/c23-17-13-7-10-8-14-12(16-20-2-4-22(16)18(14)24)6-9(10)5-11(13)15-19-1-3-21(15)17/h1-8H. The summed E-state index contributed by atoms with van der Waals surface area (Å²) >= 11 is 0. The van der Waals surface area contributed by atoms with E-state index in [2.05, 4.69) is 9.97 Å². The molecule has 4 aromatic heterocycles. The molecule has 0 radical (unpaired) electrons. The van der Waals surface area contributed by atoms with Crippen molar-refractivity contribution in [2.75, 3.05) is 0 Å². The maximum absolute atomic E-state index is 12.5. The van der Waals surface area contributed by atoms with Crippen LogP contribution in [0.25, 0.3) is 43.6 Å². The third-order valence-electron chi connectivity index (χ3n) is 4.77. The molecular weight excluding hydrogens is 304 g/mol. The first-order valence-corrected chi connectivity index (χ1v) is 7.51. The molecule has 6 rings (SSSR count). The molecule has 2 aromatic carbocycles. The third-order valence-corrected chi connectivity index (χ3v) is 4.77. The Morgan fingerprint density at radius 1 is 0.625 bits per heavy atom. The number of hydrogen-bond donors (Lipinski definition) is 0. The van der Waals surface area contributed by atoms with Gasteiger partial charge in [0.2, 0.25) is 0 Å². The van der Waals surface area contributed by atoms with Crippen molar-refractivity contribution in [3.05, 3.63) is 69.8 Å². The number of hydrogen-bond acceptors (Lipinski definition) is 4. The van der Waals surface area contributed by atoms with E-state index < -0.39 is 0 Å². The van der Waals surface area contributed by atoms with Crippen molar-refractivity contribution in [1.29, 1.82) is 0 Å². The summed E-state index contributed by atoms with van der Waals surface area (Å²) in [5, 5.41) is 4.71. The molecule has 0 amide bonds. The SMILES string of the molecule is O=c1c2cc3cc4c(=O)n5ccnc5c4cc3cc2c2nccn12. The van der Waals surface area contributed by atoms with Crippen LogP contribution < -0.4 is 11.1 Å². The van der Waals surface area contributed by atoms with Crippen molar-refractivity contribution in [2.45, 2.75) is 0 Å². The van der Waals surface area contributed by atoms with Crippen molar-refractivity contribution < 1.29 is 0 Å². The fraction of sp³-hybridized carbons (Fsp3) is 0. The summed E-state index contributed by atoms with van der Waals surface area (Å²) in [5.74, 6) is 0. The first kappa shape index (κ1) is 12.0. The topological polar surface area (TPSA) is 68.7 Å². The van der Waals surface area contributed by atoms with Crippen molar-refractivity contribution in [2.24, 2.45) is 0 Å². The first-order valence-electron chi connectivity index (χ1n) is 7.51. The maximum Gasteiger partial charge on any atom is 0.264 e. The van der Waals surface area contributed by atoms with E-state index in [1.54, 1.807) is 33.6 Å². The number of aromatic nitrogens is 4. The van der Waals surface area contributed by atoms with Crippen LogP contribution in [0.4, 0.5) is 0 Å². The van der Waals surface area contributed by atoms with Gasteiger partial charge in [-0.15, -0.1) is 0 Å².